The molecule has 0 saturated carbocycles. The predicted octanol–water partition coefficient (Wildman–Crippen LogP) is 2.98. The minimum atomic E-state index is -0.214. The first-order valence-corrected chi connectivity index (χ1v) is 8.61. The van der Waals surface area contributed by atoms with E-state index in [9.17, 15) is 9.59 Å². The number of halogens is 1. The van der Waals surface area contributed by atoms with E-state index in [1.54, 1.807) is 30.0 Å². The molecule has 1 unspecified atom stereocenters. The van der Waals surface area contributed by atoms with Crippen LogP contribution in [0.4, 0.5) is 0 Å². The molecule has 26 heavy (non-hydrogen) atoms. The molecule has 136 valence electrons. The quantitative estimate of drug-likeness (QED) is 0.747. The number of nitrogens with one attached hydrogen (secondary N) is 1. The zero-order valence-electron chi connectivity index (χ0n) is 14.8. The smallest absolute Gasteiger partial charge is 0.275 e. The summed E-state index contributed by atoms with van der Waals surface area (Å²) < 4.78 is 8.68. The lowest BCUT2D eigenvalue weighted by Crippen LogP contribution is -2.38. The van der Waals surface area contributed by atoms with Crippen molar-refractivity contribution in [1.82, 2.24) is 14.7 Å². The molecule has 6 nitrogen and oxygen atoms in total. The summed E-state index contributed by atoms with van der Waals surface area (Å²) in [5.41, 5.74) is 1.36. The number of amides is 1. The number of aromatic nitrogens is 2. The number of fused-ring (bicyclic) bond motifs is 1. The van der Waals surface area contributed by atoms with Gasteiger partial charge in [-0.3, -0.25) is 14.3 Å². The summed E-state index contributed by atoms with van der Waals surface area (Å²) in [5, 5.41) is 3.93. The Bertz CT molecular complexity index is 1020. The van der Waals surface area contributed by atoms with Crippen molar-refractivity contribution in [2.45, 2.75) is 26.4 Å². The third-order valence-corrected chi connectivity index (χ3v) is 4.32. The van der Waals surface area contributed by atoms with Crippen LogP contribution in [0.5, 0.6) is 5.75 Å². The highest BCUT2D eigenvalue weighted by molar-refractivity contribution is 6.30. The maximum Gasteiger partial charge on any atom is 0.275 e. The van der Waals surface area contributed by atoms with Crippen molar-refractivity contribution in [2.75, 3.05) is 7.11 Å². The Hall–Kier alpha value is -2.73. The second-order valence-corrected chi connectivity index (χ2v) is 6.60. The van der Waals surface area contributed by atoms with E-state index in [1.807, 2.05) is 35.9 Å². The molecule has 0 radical (unpaired) electrons. The fraction of sp³-hybridized carbons (Fsp3) is 0.263. The van der Waals surface area contributed by atoms with Crippen LogP contribution >= 0.6 is 11.6 Å². The Morgan fingerprint density at radius 2 is 2.04 bits per heavy atom. The molecule has 0 fully saturated rings. The third-order valence-electron chi connectivity index (χ3n) is 4.09. The zero-order chi connectivity index (χ0) is 18.8. The minimum Gasteiger partial charge on any atom is -0.497 e. The van der Waals surface area contributed by atoms with E-state index in [1.165, 1.54) is 6.92 Å². The summed E-state index contributed by atoms with van der Waals surface area (Å²) in [5.74, 6) is 0.470. The first-order valence-electron chi connectivity index (χ1n) is 8.23. The summed E-state index contributed by atoms with van der Waals surface area (Å²) in [7, 11) is 1.56. The average molecular weight is 374 g/mol. The number of methoxy groups -OCH3 is 1. The highest BCUT2D eigenvalue weighted by Crippen LogP contribution is 2.23. The molecule has 1 atom stereocenters. The fourth-order valence-corrected chi connectivity index (χ4v) is 3.25. The van der Waals surface area contributed by atoms with Crippen molar-refractivity contribution >= 4 is 28.4 Å². The maximum absolute atomic E-state index is 13.0. The fourth-order valence-electron chi connectivity index (χ4n) is 3.06. The second-order valence-electron chi connectivity index (χ2n) is 6.16. The third kappa shape index (κ3) is 3.46. The van der Waals surface area contributed by atoms with E-state index in [-0.39, 0.29) is 17.5 Å². The lowest BCUT2D eigenvalue weighted by Gasteiger charge is -2.17. The molecule has 0 saturated heterocycles. The number of ether oxygens (including phenoxy) is 1. The predicted molar refractivity (Wildman–Crippen MR) is 102 cm³/mol. The van der Waals surface area contributed by atoms with Crippen LogP contribution in [0.15, 0.2) is 47.3 Å². The standard InChI is InChI=1S/C19H20ClN3O3/c1-12(21-13(2)24)11-22-19(25)17-10-16(26-3)7-8-18(17)23(22)15-6-4-5-14(20)9-15/h4-10,12H,11H2,1-3H3,(H,21,24). The molecule has 1 amide bonds. The van der Waals surface area contributed by atoms with Crippen LogP contribution in [0, 0.1) is 0 Å². The van der Waals surface area contributed by atoms with Crippen LogP contribution in [-0.4, -0.2) is 28.4 Å². The Kier molecular flexibility index (Phi) is 5.04. The number of nitrogens with zero attached hydrogens (tertiary/aromatic N) is 2. The molecule has 0 bridgehead atoms. The number of rotatable bonds is 5. The van der Waals surface area contributed by atoms with E-state index in [4.69, 9.17) is 16.3 Å². The second kappa shape index (κ2) is 7.25. The molecule has 0 aliphatic rings. The van der Waals surface area contributed by atoms with Crippen LogP contribution < -0.4 is 15.6 Å². The van der Waals surface area contributed by atoms with Crippen molar-refractivity contribution < 1.29 is 9.53 Å². The number of carbonyl (C=O) groups is 1. The Morgan fingerprint density at radius 3 is 2.69 bits per heavy atom. The number of carbonyl (C=O) groups excluding carboxylic acids is 1. The highest BCUT2D eigenvalue weighted by Gasteiger charge is 2.18. The minimum absolute atomic E-state index is 0.141. The zero-order valence-corrected chi connectivity index (χ0v) is 15.6. The van der Waals surface area contributed by atoms with Gasteiger partial charge in [0.05, 0.1) is 30.2 Å². The molecule has 3 rings (SSSR count). The molecule has 2 aromatic carbocycles. The molecule has 1 heterocycles. The van der Waals surface area contributed by atoms with Gasteiger partial charge >= 0.3 is 0 Å². The highest BCUT2D eigenvalue weighted by atomic mass is 35.5. The normalized spacial score (nSPS) is 12.2. The summed E-state index contributed by atoms with van der Waals surface area (Å²) in [6.45, 7) is 3.63. The van der Waals surface area contributed by atoms with Gasteiger partial charge in [-0.1, -0.05) is 17.7 Å². The van der Waals surface area contributed by atoms with Crippen LogP contribution in [0.2, 0.25) is 5.02 Å². The molecular formula is C19H20ClN3O3. The van der Waals surface area contributed by atoms with Gasteiger partial charge in [-0.25, -0.2) is 4.68 Å². The number of benzene rings is 2. The van der Waals surface area contributed by atoms with Gasteiger partial charge < -0.3 is 10.1 Å². The maximum atomic E-state index is 13.0. The largest absolute Gasteiger partial charge is 0.497 e. The lowest BCUT2D eigenvalue weighted by molar-refractivity contribution is -0.119. The van der Waals surface area contributed by atoms with E-state index < -0.39 is 0 Å². The molecule has 0 aliphatic carbocycles. The summed E-state index contributed by atoms with van der Waals surface area (Å²) >= 11 is 6.15. The molecular weight excluding hydrogens is 354 g/mol. The van der Waals surface area contributed by atoms with Crippen LogP contribution in [-0.2, 0) is 11.3 Å². The van der Waals surface area contributed by atoms with Crippen molar-refractivity contribution in [3.63, 3.8) is 0 Å². The molecule has 0 spiro atoms. The van der Waals surface area contributed by atoms with Crippen LogP contribution in [0.25, 0.3) is 16.6 Å². The van der Waals surface area contributed by atoms with Crippen molar-refractivity contribution in [3.8, 4) is 11.4 Å². The van der Waals surface area contributed by atoms with E-state index >= 15 is 0 Å². The first kappa shape index (κ1) is 18.1. The molecule has 0 aliphatic heterocycles. The van der Waals surface area contributed by atoms with Crippen molar-refractivity contribution in [3.05, 3.63) is 57.8 Å². The van der Waals surface area contributed by atoms with Gasteiger partial charge in [0, 0.05) is 18.0 Å². The molecule has 1 aromatic heterocycles. The van der Waals surface area contributed by atoms with Crippen molar-refractivity contribution in [2.24, 2.45) is 0 Å². The molecule has 3 aromatic rings. The number of hydrogen-bond donors (Lipinski definition) is 1. The van der Waals surface area contributed by atoms with Gasteiger partial charge in [0.15, 0.2) is 0 Å². The number of hydrogen-bond acceptors (Lipinski definition) is 3. The van der Waals surface area contributed by atoms with Gasteiger partial charge in [-0.15, -0.1) is 0 Å². The van der Waals surface area contributed by atoms with Gasteiger partial charge in [-0.05, 0) is 43.3 Å². The van der Waals surface area contributed by atoms with Crippen molar-refractivity contribution in [1.29, 1.82) is 0 Å². The van der Waals surface area contributed by atoms with Gasteiger partial charge in [0.1, 0.15) is 5.75 Å². The first-order chi connectivity index (χ1) is 12.4. The van der Waals surface area contributed by atoms with E-state index in [0.29, 0.717) is 22.7 Å². The lowest BCUT2D eigenvalue weighted by atomic mass is 10.2. The Morgan fingerprint density at radius 1 is 1.27 bits per heavy atom. The van der Waals surface area contributed by atoms with Gasteiger partial charge in [-0.2, -0.15) is 0 Å². The van der Waals surface area contributed by atoms with E-state index in [2.05, 4.69) is 5.32 Å². The monoisotopic (exact) mass is 373 g/mol. The topological polar surface area (TPSA) is 65.3 Å². The van der Waals surface area contributed by atoms with Crippen LogP contribution in [0.1, 0.15) is 13.8 Å². The SMILES string of the molecule is COc1ccc2c(c1)c(=O)n(CC(C)NC(C)=O)n2-c1cccc(Cl)c1. The Labute approximate surface area is 155 Å². The van der Waals surface area contributed by atoms with Gasteiger partial charge in [0.2, 0.25) is 5.91 Å². The van der Waals surface area contributed by atoms with Gasteiger partial charge in [0.25, 0.3) is 5.56 Å². The summed E-state index contributed by atoms with van der Waals surface area (Å²) in [6.07, 6.45) is 0. The summed E-state index contributed by atoms with van der Waals surface area (Å²) in [4.78, 5) is 24.4. The average Bonchev–Trinajstić information content (AvgIpc) is 2.86. The molecule has 7 heteroatoms. The Balaban J connectivity index is 2.23. The van der Waals surface area contributed by atoms with E-state index in [0.717, 1.165) is 11.2 Å². The molecule has 1 N–H and O–H groups in total. The van der Waals surface area contributed by atoms with Crippen LogP contribution in [0.3, 0.4) is 0 Å². The summed E-state index contributed by atoms with van der Waals surface area (Å²) in [6, 6.07) is 12.5.